The van der Waals surface area contributed by atoms with E-state index >= 15 is 0 Å². The first-order valence-corrected chi connectivity index (χ1v) is 4.29. The van der Waals surface area contributed by atoms with Gasteiger partial charge in [-0.1, -0.05) is 36.4 Å². The average Bonchev–Trinajstić information content (AvgIpc) is 2.27. The van der Waals surface area contributed by atoms with Gasteiger partial charge in [-0.3, -0.25) is 9.59 Å². The van der Waals surface area contributed by atoms with Crippen LogP contribution in [0.25, 0.3) is 10.8 Å². The number of aldehydes is 2. The first-order chi connectivity index (χ1) is 6.86. The first-order valence-electron chi connectivity index (χ1n) is 4.29. The average molecular weight is 184 g/mol. The van der Waals surface area contributed by atoms with Crippen LogP contribution in [0.15, 0.2) is 36.4 Å². The van der Waals surface area contributed by atoms with Crippen LogP contribution in [-0.2, 0) is 0 Å². The number of hydrogen-bond donors (Lipinski definition) is 0. The van der Waals surface area contributed by atoms with Crippen LogP contribution >= 0.6 is 0 Å². The third-order valence-electron chi connectivity index (χ3n) is 2.25. The van der Waals surface area contributed by atoms with Crippen molar-refractivity contribution in [3.05, 3.63) is 47.5 Å². The Morgan fingerprint density at radius 1 is 0.714 bits per heavy atom. The van der Waals surface area contributed by atoms with Crippen molar-refractivity contribution in [3.63, 3.8) is 0 Å². The zero-order chi connectivity index (χ0) is 9.97. The summed E-state index contributed by atoms with van der Waals surface area (Å²) in [5, 5.41) is 1.65. The molecule has 0 aliphatic heterocycles. The third-order valence-corrected chi connectivity index (χ3v) is 2.25. The van der Waals surface area contributed by atoms with Crippen LogP contribution in [-0.4, -0.2) is 12.6 Å². The van der Waals surface area contributed by atoms with Gasteiger partial charge in [0.1, 0.15) is 0 Å². The summed E-state index contributed by atoms with van der Waals surface area (Å²) in [5.41, 5.74) is 1.23. The number of carbonyl (C=O) groups excluding carboxylic acids is 2. The van der Waals surface area contributed by atoms with E-state index in [9.17, 15) is 9.59 Å². The zero-order valence-corrected chi connectivity index (χ0v) is 7.44. The molecule has 0 saturated carbocycles. The maximum atomic E-state index is 10.7. The molecule has 0 atom stereocenters. The highest BCUT2D eigenvalue weighted by atomic mass is 16.1. The molecule has 0 fully saturated rings. The lowest BCUT2D eigenvalue weighted by Crippen LogP contribution is -1.88. The lowest BCUT2D eigenvalue weighted by atomic mass is 10.0. The van der Waals surface area contributed by atoms with Crippen LogP contribution < -0.4 is 0 Å². The molecule has 0 unspecified atom stereocenters. The quantitative estimate of drug-likeness (QED) is 0.672. The second-order valence-electron chi connectivity index (χ2n) is 3.03. The van der Waals surface area contributed by atoms with E-state index in [1.165, 1.54) is 0 Å². The van der Waals surface area contributed by atoms with Crippen LogP contribution in [0.3, 0.4) is 0 Å². The van der Waals surface area contributed by atoms with Gasteiger partial charge in [0.15, 0.2) is 12.6 Å². The summed E-state index contributed by atoms with van der Waals surface area (Å²) in [6.07, 6.45) is 1.60. The summed E-state index contributed by atoms with van der Waals surface area (Å²) >= 11 is 0. The molecule has 0 heterocycles. The fourth-order valence-corrected chi connectivity index (χ4v) is 1.55. The van der Waals surface area contributed by atoms with Crippen molar-refractivity contribution in [1.82, 2.24) is 0 Å². The molecule has 0 spiro atoms. The Kier molecular flexibility index (Phi) is 2.11. The van der Waals surface area contributed by atoms with Crippen molar-refractivity contribution in [2.24, 2.45) is 0 Å². The lowest BCUT2D eigenvalue weighted by molar-refractivity contribution is 0.111. The summed E-state index contributed by atoms with van der Waals surface area (Å²) in [6, 6.07) is 10.7. The zero-order valence-electron chi connectivity index (χ0n) is 7.44. The van der Waals surface area contributed by atoms with Gasteiger partial charge in [-0.05, 0) is 10.8 Å². The molecule has 0 aliphatic rings. The highest BCUT2D eigenvalue weighted by Crippen LogP contribution is 2.20. The molecule has 0 saturated heterocycles. The molecule has 2 nitrogen and oxygen atoms in total. The predicted molar refractivity (Wildman–Crippen MR) is 54.7 cm³/mol. The molecule has 0 aliphatic carbocycles. The van der Waals surface area contributed by atoms with Crippen LogP contribution in [0.2, 0.25) is 0 Å². The van der Waals surface area contributed by atoms with Gasteiger partial charge in [-0.15, -0.1) is 0 Å². The molecule has 0 amide bonds. The smallest absolute Gasteiger partial charge is 0.150 e. The van der Waals surface area contributed by atoms with Crippen LogP contribution in [0.4, 0.5) is 0 Å². The van der Waals surface area contributed by atoms with E-state index < -0.39 is 0 Å². The molecule has 0 bridgehead atoms. The number of benzene rings is 2. The van der Waals surface area contributed by atoms with E-state index in [2.05, 4.69) is 0 Å². The summed E-state index contributed by atoms with van der Waals surface area (Å²) in [6.45, 7) is 0. The van der Waals surface area contributed by atoms with E-state index in [1.54, 1.807) is 12.1 Å². The fourth-order valence-electron chi connectivity index (χ4n) is 1.55. The van der Waals surface area contributed by atoms with Gasteiger partial charge in [-0.2, -0.15) is 0 Å². The van der Waals surface area contributed by atoms with Crippen molar-refractivity contribution < 1.29 is 9.59 Å². The lowest BCUT2D eigenvalue weighted by Gasteiger charge is -2.02. The topological polar surface area (TPSA) is 34.1 Å². The van der Waals surface area contributed by atoms with Crippen LogP contribution in [0, 0.1) is 0 Å². The largest absolute Gasteiger partial charge is 0.298 e. The highest BCUT2D eigenvalue weighted by Gasteiger charge is 2.03. The molecule has 2 aromatic rings. The van der Waals surface area contributed by atoms with E-state index in [-0.39, 0.29) is 0 Å². The molecule has 68 valence electrons. The molecule has 2 aromatic carbocycles. The highest BCUT2D eigenvalue weighted by molar-refractivity contribution is 6.05. The van der Waals surface area contributed by atoms with Crippen molar-refractivity contribution in [1.29, 1.82) is 0 Å². The Morgan fingerprint density at radius 3 is 1.50 bits per heavy atom. The van der Waals surface area contributed by atoms with Crippen molar-refractivity contribution in [3.8, 4) is 0 Å². The minimum atomic E-state index is 0.617. The summed E-state index contributed by atoms with van der Waals surface area (Å²) in [7, 11) is 0. The monoisotopic (exact) mass is 184 g/mol. The molecule has 0 N–H and O–H groups in total. The Balaban J connectivity index is 2.91. The Morgan fingerprint density at radius 2 is 1.14 bits per heavy atom. The normalized spacial score (nSPS) is 10.0. The molecular weight excluding hydrogens is 176 g/mol. The SMILES string of the molecule is O=Cc1ccc(C=O)c2ccccc12. The molecule has 2 rings (SSSR count). The van der Waals surface area contributed by atoms with Gasteiger partial charge in [0, 0.05) is 11.1 Å². The van der Waals surface area contributed by atoms with Gasteiger partial charge in [0.25, 0.3) is 0 Å². The molecule has 14 heavy (non-hydrogen) atoms. The van der Waals surface area contributed by atoms with E-state index in [0.717, 1.165) is 23.3 Å². The van der Waals surface area contributed by atoms with Crippen molar-refractivity contribution in [2.75, 3.05) is 0 Å². The van der Waals surface area contributed by atoms with Crippen molar-refractivity contribution in [2.45, 2.75) is 0 Å². The third kappa shape index (κ3) is 1.21. The first kappa shape index (κ1) is 8.63. The van der Waals surface area contributed by atoms with Gasteiger partial charge in [0.05, 0.1) is 0 Å². The van der Waals surface area contributed by atoms with Crippen molar-refractivity contribution >= 4 is 23.3 Å². The number of carbonyl (C=O) groups is 2. The van der Waals surface area contributed by atoms with Gasteiger partial charge in [0.2, 0.25) is 0 Å². The van der Waals surface area contributed by atoms with E-state index in [1.807, 2.05) is 24.3 Å². The second-order valence-corrected chi connectivity index (χ2v) is 3.03. The minimum Gasteiger partial charge on any atom is -0.298 e. The van der Waals surface area contributed by atoms with E-state index in [0.29, 0.717) is 11.1 Å². The maximum absolute atomic E-state index is 10.7. The summed E-state index contributed by atoms with van der Waals surface area (Å²) in [5.74, 6) is 0. The molecule has 2 heteroatoms. The summed E-state index contributed by atoms with van der Waals surface area (Å²) in [4.78, 5) is 21.5. The maximum Gasteiger partial charge on any atom is 0.150 e. The summed E-state index contributed by atoms with van der Waals surface area (Å²) < 4.78 is 0. The Bertz CT molecular complexity index is 454. The second kappa shape index (κ2) is 3.42. The molecule has 0 aromatic heterocycles. The molecule has 0 radical (unpaired) electrons. The standard InChI is InChI=1S/C12H8O2/c13-7-9-5-6-10(8-14)12-4-2-1-3-11(9)12/h1-8H. The predicted octanol–water partition coefficient (Wildman–Crippen LogP) is 2.46. The Labute approximate surface area is 81.2 Å². The fraction of sp³-hybridized carbons (Fsp3) is 0. The van der Waals surface area contributed by atoms with Crippen LogP contribution in [0.5, 0.6) is 0 Å². The van der Waals surface area contributed by atoms with Crippen LogP contribution in [0.1, 0.15) is 20.7 Å². The molecular formula is C12H8O2. The number of rotatable bonds is 2. The minimum absolute atomic E-state index is 0.617. The number of fused-ring (bicyclic) bond motifs is 1. The van der Waals surface area contributed by atoms with Gasteiger partial charge in [-0.25, -0.2) is 0 Å². The van der Waals surface area contributed by atoms with Gasteiger partial charge >= 0.3 is 0 Å². The number of hydrogen-bond acceptors (Lipinski definition) is 2. The van der Waals surface area contributed by atoms with Gasteiger partial charge < -0.3 is 0 Å². The Hall–Kier alpha value is -1.96. The van der Waals surface area contributed by atoms with E-state index in [4.69, 9.17) is 0 Å².